The first-order valence-corrected chi connectivity index (χ1v) is 8.60. The van der Waals surface area contributed by atoms with Crippen LogP contribution in [-0.2, 0) is 6.54 Å². The number of halogens is 1. The Labute approximate surface area is 141 Å². The average Bonchev–Trinajstić information content (AvgIpc) is 2.62. The summed E-state index contributed by atoms with van der Waals surface area (Å²) in [7, 11) is 0. The second-order valence-electron chi connectivity index (χ2n) is 6.64. The first kappa shape index (κ1) is 15.0. The molecule has 1 aliphatic carbocycles. The van der Waals surface area contributed by atoms with Crippen molar-refractivity contribution in [3.05, 3.63) is 69.9 Å². The highest BCUT2D eigenvalue weighted by molar-refractivity contribution is 6.30. The number of rotatable bonds is 2. The van der Waals surface area contributed by atoms with E-state index in [1.165, 1.54) is 6.42 Å². The zero-order valence-electron chi connectivity index (χ0n) is 13.0. The maximum absolute atomic E-state index is 13.6. The summed E-state index contributed by atoms with van der Waals surface area (Å²) >= 11 is 6.00. The van der Waals surface area contributed by atoms with Crippen molar-refractivity contribution >= 4 is 11.6 Å². The summed E-state index contributed by atoms with van der Waals surface area (Å²) in [6.07, 6.45) is 2.99. The van der Waals surface area contributed by atoms with Crippen molar-refractivity contribution in [3.8, 4) is 5.75 Å². The molecule has 2 aromatic rings. The fourth-order valence-corrected chi connectivity index (χ4v) is 3.69. The van der Waals surface area contributed by atoms with Crippen LogP contribution in [-0.4, -0.2) is 17.2 Å². The molecule has 0 saturated heterocycles. The summed E-state index contributed by atoms with van der Waals surface area (Å²) in [6.45, 7) is 0.964. The summed E-state index contributed by atoms with van der Waals surface area (Å²) in [5.74, 6) is 0.836. The van der Waals surface area contributed by atoms with Gasteiger partial charge in [-0.05, 0) is 49.1 Å². The normalized spacial score (nSPS) is 27.5. The Kier molecular flexibility index (Phi) is 3.80. The lowest BCUT2D eigenvalue weighted by Crippen LogP contribution is -2.54. The summed E-state index contributed by atoms with van der Waals surface area (Å²) in [6, 6.07) is 15.8. The summed E-state index contributed by atoms with van der Waals surface area (Å²) in [4.78, 5) is 0. The molecule has 1 saturated carbocycles. The lowest BCUT2D eigenvalue weighted by atomic mass is 9.90. The Morgan fingerprint density at radius 1 is 1.04 bits per heavy atom. The number of ether oxygens (including phenoxy) is 1. The number of hydroxylamine groups is 3. The fraction of sp³-hybridized carbons (Fsp3) is 0.368. The Morgan fingerprint density at radius 3 is 2.48 bits per heavy atom. The number of para-hydroxylation sites is 1. The van der Waals surface area contributed by atoms with Gasteiger partial charge in [-0.3, -0.25) is 0 Å². The molecule has 23 heavy (non-hydrogen) atoms. The van der Waals surface area contributed by atoms with Gasteiger partial charge >= 0.3 is 0 Å². The van der Waals surface area contributed by atoms with Gasteiger partial charge in [-0.1, -0.05) is 35.9 Å². The first-order valence-electron chi connectivity index (χ1n) is 8.22. The molecule has 0 bridgehead atoms. The Balaban J connectivity index is 1.73. The molecule has 0 amide bonds. The number of hydrogen-bond donors (Lipinski definition) is 0. The van der Waals surface area contributed by atoms with Crippen LogP contribution in [0.2, 0.25) is 5.02 Å². The molecule has 1 heterocycles. The van der Waals surface area contributed by atoms with E-state index in [0.717, 1.165) is 29.7 Å². The van der Waals surface area contributed by atoms with E-state index in [1.807, 2.05) is 48.5 Å². The molecule has 4 rings (SSSR count). The maximum Gasteiger partial charge on any atom is 0.173 e. The third kappa shape index (κ3) is 2.85. The van der Waals surface area contributed by atoms with Crippen LogP contribution in [0.15, 0.2) is 48.5 Å². The largest absolute Gasteiger partial charge is 0.632 e. The zero-order chi connectivity index (χ0) is 15.9. The molecule has 2 unspecified atom stereocenters. The standard InChI is InChI=1S/C19H20ClNO2/c20-16-10-8-14(9-11-16)19-13-21(22,17-5-3-6-17)12-15-4-1-2-7-18(15)23-19/h1-2,4,7-11,17,19H,3,5-6,12-13H2. The highest BCUT2D eigenvalue weighted by Gasteiger charge is 2.39. The maximum atomic E-state index is 13.6. The number of nitrogens with zero attached hydrogens (tertiary/aromatic N) is 1. The second kappa shape index (κ2) is 5.82. The van der Waals surface area contributed by atoms with Crippen LogP contribution in [0.3, 0.4) is 0 Å². The van der Waals surface area contributed by atoms with Gasteiger partial charge in [0.05, 0.1) is 6.04 Å². The third-order valence-corrected chi connectivity index (χ3v) is 5.39. The van der Waals surface area contributed by atoms with Gasteiger partial charge in [-0.2, -0.15) is 0 Å². The van der Waals surface area contributed by atoms with Gasteiger partial charge in [0.25, 0.3) is 0 Å². The molecule has 0 N–H and O–H groups in total. The number of hydrogen-bond acceptors (Lipinski definition) is 2. The van der Waals surface area contributed by atoms with Crippen LogP contribution in [0, 0.1) is 5.21 Å². The Hall–Kier alpha value is -1.55. The van der Waals surface area contributed by atoms with Crippen molar-refractivity contribution in [1.82, 2.24) is 0 Å². The van der Waals surface area contributed by atoms with E-state index in [2.05, 4.69) is 0 Å². The molecule has 0 radical (unpaired) electrons. The van der Waals surface area contributed by atoms with Gasteiger partial charge in [0.2, 0.25) is 0 Å². The quantitative estimate of drug-likeness (QED) is 0.583. The monoisotopic (exact) mass is 329 g/mol. The molecule has 3 nitrogen and oxygen atoms in total. The first-order chi connectivity index (χ1) is 11.1. The predicted octanol–water partition coefficient (Wildman–Crippen LogP) is 4.84. The number of quaternary nitrogens is 1. The van der Waals surface area contributed by atoms with E-state index in [-0.39, 0.29) is 16.8 Å². The molecule has 120 valence electrons. The van der Waals surface area contributed by atoms with Crippen molar-refractivity contribution in [2.75, 3.05) is 6.54 Å². The van der Waals surface area contributed by atoms with Gasteiger partial charge in [0, 0.05) is 10.6 Å². The molecule has 1 fully saturated rings. The molecule has 0 aromatic heterocycles. The lowest BCUT2D eigenvalue weighted by Gasteiger charge is -2.52. The Morgan fingerprint density at radius 2 is 1.78 bits per heavy atom. The van der Waals surface area contributed by atoms with Crippen LogP contribution in [0.25, 0.3) is 0 Å². The highest BCUT2D eigenvalue weighted by atomic mass is 35.5. The van der Waals surface area contributed by atoms with Crippen molar-refractivity contribution in [2.24, 2.45) is 0 Å². The van der Waals surface area contributed by atoms with Crippen LogP contribution in [0.4, 0.5) is 0 Å². The van der Waals surface area contributed by atoms with E-state index in [9.17, 15) is 5.21 Å². The van der Waals surface area contributed by atoms with Crippen LogP contribution in [0.1, 0.15) is 36.5 Å². The van der Waals surface area contributed by atoms with Gasteiger partial charge in [-0.15, -0.1) is 0 Å². The lowest BCUT2D eigenvalue weighted by molar-refractivity contribution is -0.926. The van der Waals surface area contributed by atoms with Gasteiger partial charge in [0.1, 0.15) is 18.8 Å². The minimum absolute atomic E-state index is 0.176. The van der Waals surface area contributed by atoms with Crippen molar-refractivity contribution in [3.63, 3.8) is 0 Å². The van der Waals surface area contributed by atoms with Crippen LogP contribution < -0.4 is 4.74 Å². The smallest absolute Gasteiger partial charge is 0.173 e. The molecular formula is C19H20ClNO2. The van der Waals surface area contributed by atoms with Crippen LogP contribution in [0.5, 0.6) is 5.75 Å². The highest BCUT2D eigenvalue weighted by Crippen LogP contribution is 2.40. The average molecular weight is 330 g/mol. The summed E-state index contributed by atoms with van der Waals surface area (Å²) in [5, 5.41) is 14.3. The van der Waals surface area contributed by atoms with Crippen LogP contribution >= 0.6 is 11.6 Å². The molecule has 2 atom stereocenters. The van der Waals surface area contributed by atoms with E-state index < -0.39 is 0 Å². The fourth-order valence-electron chi connectivity index (χ4n) is 3.56. The second-order valence-corrected chi connectivity index (χ2v) is 7.08. The third-order valence-electron chi connectivity index (χ3n) is 5.14. The minimum atomic E-state index is -0.228. The topological polar surface area (TPSA) is 32.3 Å². The van der Waals surface area contributed by atoms with Crippen molar-refractivity contribution < 1.29 is 9.38 Å². The molecule has 0 spiro atoms. The molecule has 2 aliphatic rings. The van der Waals surface area contributed by atoms with Gasteiger partial charge < -0.3 is 14.6 Å². The number of benzene rings is 2. The predicted molar refractivity (Wildman–Crippen MR) is 91.1 cm³/mol. The van der Waals surface area contributed by atoms with Crippen molar-refractivity contribution in [2.45, 2.75) is 38.0 Å². The molecule has 2 aromatic carbocycles. The minimum Gasteiger partial charge on any atom is -0.632 e. The molecular weight excluding hydrogens is 310 g/mol. The van der Waals surface area contributed by atoms with E-state index >= 15 is 0 Å². The van der Waals surface area contributed by atoms with Gasteiger partial charge in [0.15, 0.2) is 6.10 Å². The summed E-state index contributed by atoms with van der Waals surface area (Å²) < 4.78 is 6.06. The van der Waals surface area contributed by atoms with E-state index in [0.29, 0.717) is 18.1 Å². The molecule has 4 heteroatoms. The zero-order valence-corrected chi connectivity index (χ0v) is 13.7. The van der Waals surface area contributed by atoms with Gasteiger partial charge in [-0.25, -0.2) is 0 Å². The number of fused-ring (bicyclic) bond motifs is 1. The SMILES string of the molecule is [O-][N+]1(C2CCC2)Cc2ccccc2OC(c2ccc(Cl)cc2)C1. The van der Waals surface area contributed by atoms with E-state index in [4.69, 9.17) is 16.3 Å². The Bertz CT molecular complexity index is 699. The van der Waals surface area contributed by atoms with Crippen molar-refractivity contribution in [1.29, 1.82) is 0 Å². The molecule has 1 aliphatic heterocycles. The van der Waals surface area contributed by atoms with E-state index in [1.54, 1.807) is 0 Å². The summed E-state index contributed by atoms with van der Waals surface area (Å²) in [5.41, 5.74) is 2.04.